The molecule has 0 rings (SSSR count). The number of rotatable bonds is 4. The highest BCUT2D eigenvalue weighted by molar-refractivity contribution is 5.66. The second-order valence-electron chi connectivity index (χ2n) is 2.43. The average Bonchev–Trinajstić information content (AvgIpc) is 1.87. The molecule has 4 heteroatoms. The molecule has 11 heavy (non-hydrogen) atoms. The maximum absolute atomic E-state index is 10.7. The molecule has 3 N–H and O–H groups in total. The van der Waals surface area contributed by atoms with Crippen molar-refractivity contribution in [2.45, 2.75) is 26.3 Å². The van der Waals surface area contributed by atoms with Crippen molar-refractivity contribution in [1.29, 1.82) is 0 Å². The molecule has 66 valence electrons. The predicted octanol–water partition coefficient (Wildman–Crippen LogP) is 0.470. The number of nitrogens with one attached hydrogen (secondary N) is 1. The summed E-state index contributed by atoms with van der Waals surface area (Å²) >= 11 is 0. The molecule has 0 aliphatic rings. The van der Waals surface area contributed by atoms with E-state index in [1.54, 1.807) is 0 Å². The first-order valence-electron chi connectivity index (χ1n) is 3.83. The van der Waals surface area contributed by atoms with Gasteiger partial charge in [0.05, 0.1) is 6.61 Å². The maximum atomic E-state index is 10.7. The Morgan fingerprint density at radius 1 is 1.73 bits per heavy atom. The molecule has 0 aromatic heterocycles. The van der Waals surface area contributed by atoms with E-state index >= 15 is 0 Å². The fourth-order valence-electron chi connectivity index (χ4n) is 0.533. The Balaban J connectivity index is 3.17. The van der Waals surface area contributed by atoms with Crippen molar-refractivity contribution in [2.24, 2.45) is 5.73 Å². The lowest BCUT2D eigenvalue weighted by Gasteiger charge is -2.06. The molecule has 0 spiro atoms. The first kappa shape index (κ1) is 10.2. The van der Waals surface area contributed by atoms with E-state index in [4.69, 9.17) is 10.5 Å². The van der Waals surface area contributed by atoms with Crippen LogP contribution in [0, 0.1) is 0 Å². The van der Waals surface area contributed by atoms with Crippen LogP contribution in [-0.4, -0.2) is 25.3 Å². The SMILES string of the molecule is CCNC(=O)OCCC(C)N. The molecule has 0 bridgehead atoms. The van der Waals surface area contributed by atoms with Crippen LogP contribution in [0.3, 0.4) is 0 Å². The van der Waals surface area contributed by atoms with Crippen LogP contribution in [0.5, 0.6) is 0 Å². The summed E-state index contributed by atoms with van der Waals surface area (Å²) in [5.74, 6) is 0. The lowest BCUT2D eigenvalue weighted by Crippen LogP contribution is -2.26. The van der Waals surface area contributed by atoms with Crippen LogP contribution >= 0.6 is 0 Å². The largest absolute Gasteiger partial charge is 0.450 e. The average molecular weight is 160 g/mol. The van der Waals surface area contributed by atoms with Gasteiger partial charge < -0.3 is 15.8 Å². The van der Waals surface area contributed by atoms with E-state index in [1.807, 2.05) is 13.8 Å². The first-order valence-corrected chi connectivity index (χ1v) is 3.83. The zero-order valence-electron chi connectivity index (χ0n) is 7.09. The van der Waals surface area contributed by atoms with E-state index in [1.165, 1.54) is 0 Å². The number of ether oxygens (including phenoxy) is 1. The molecule has 4 nitrogen and oxygen atoms in total. The number of alkyl carbamates (subject to hydrolysis) is 1. The Kier molecular flexibility index (Phi) is 5.56. The van der Waals surface area contributed by atoms with Crippen LogP contribution in [0.1, 0.15) is 20.3 Å². The molecule has 0 fully saturated rings. The molecule has 0 saturated carbocycles. The molecule has 0 saturated heterocycles. The van der Waals surface area contributed by atoms with Gasteiger partial charge in [-0.25, -0.2) is 4.79 Å². The van der Waals surface area contributed by atoms with Crippen LogP contribution in [-0.2, 0) is 4.74 Å². The van der Waals surface area contributed by atoms with Crippen LogP contribution in [0.4, 0.5) is 4.79 Å². The lowest BCUT2D eigenvalue weighted by molar-refractivity contribution is 0.143. The van der Waals surface area contributed by atoms with Crippen molar-refractivity contribution in [3.63, 3.8) is 0 Å². The molecule has 0 aromatic carbocycles. The van der Waals surface area contributed by atoms with Gasteiger partial charge in [-0.2, -0.15) is 0 Å². The number of carbonyl (C=O) groups is 1. The molecule has 0 radical (unpaired) electrons. The summed E-state index contributed by atoms with van der Waals surface area (Å²) in [6.07, 6.45) is 0.338. The Bertz CT molecular complexity index is 115. The smallest absolute Gasteiger partial charge is 0.407 e. The topological polar surface area (TPSA) is 64.3 Å². The molecular formula is C7H16N2O2. The molecule has 1 unspecified atom stereocenters. The number of carbonyl (C=O) groups excluding carboxylic acids is 1. The van der Waals surface area contributed by atoms with Gasteiger partial charge in [0.15, 0.2) is 0 Å². The first-order chi connectivity index (χ1) is 5.16. The Labute approximate surface area is 67.1 Å². The van der Waals surface area contributed by atoms with Gasteiger partial charge in [-0.1, -0.05) is 0 Å². The van der Waals surface area contributed by atoms with Crippen molar-refractivity contribution in [2.75, 3.05) is 13.2 Å². The van der Waals surface area contributed by atoms with Crippen molar-refractivity contribution in [3.8, 4) is 0 Å². The molecular weight excluding hydrogens is 144 g/mol. The summed E-state index contributed by atoms with van der Waals surface area (Å²) in [5.41, 5.74) is 5.44. The van der Waals surface area contributed by atoms with Crippen LogP contribution in [0.2, 0.25) is 0 Å². The van der Waals surface area contributed by atoms with Crippen molar-refractivity contribution >= 4 is 6.09 Å². The summed E-state index contributed by atoms with van der Waals surface area (Å²) in [7, 11) is 0. The normalized spacial score (nSPS) is 12.3. The van der Waals surface area contributed by atoms with Crippen molar-refractivity contribution in [1.82, 2.24) is 5.32 Å². The fourth-order valence-corrected chi connectivity index (χ4v) is 0.533. The van der Waals surface area contributed by atoms with Gasteiger partial charge in [-0.15, -0.1) is 0 Å². The minimum atomic E-state index is -0.367. The second kappa shape index (κ2) is 5.97. The molecule has 1 amide bonds. The van der Waals surface area contributed by atoms with Crippen molar-refractivity contribution in [3.05, 3.63) is 0 Å². The third-order valence-electron chi connectivity index (χ3n) is 1.13. The molecule has 0 aromatic rings. The summed E-state index contributed by atoms with van der Waals surface area (Å²) in [5, 5.41) is 2.52. The quantitative estimate of drug-likeness (QED) is 0.628. The van der Waals surface area contributed by atoms with Gasteiger partial charge in [0.2, 0.25) is 0 Å². The summed E-state index contributed by atoms with van der Waals surface area (Å²) in [6.45, 7) is 4.70. The van der Waals surface area contributed by atoms with Gasteiger partial charge in [-0.05, 0) is 20.3 Å². The van der Waals surface area contributed by atoms with E-state index in [-0.39, 0.29) is 12.1 Å². The number of hydrogen-bond acceptors (Lipinski definition) is 3. The zero-order valence-corrected chi connectivity index (χ0v) is 7.09. The zero-order chi connectivity index (χ0) is 8.69. The number of nitrogens with two attached hydrogens (primary N) is 1. The van der Waals surface area contributed by atoms with E-state index in [0.717, 1.165) is 0 Å². The minimum absolute atomic E-state index is 0.0874. The predicted molar refractivity (Wildman–Crippen MR) is 43.3 cm³/mol. The summed E-state index contributed by atoms with van der Waals surface area (Å²) < 4.78 is 4.76. The van der Waals surface area contributed by atoms with E-state index in [9.17, 15) is 4.79 Å². The highest BCUT2D eigenvalue weighted by atomic mass is 16.5. The minimum Gasteiger partial charge on any atom is -0.450 e. The van der Waals surface area contributed by atoms with Crippen LogP contribution < -0.4 is 11.1 Å². The number of amides is 1. The summed E-state index contributed by atoms with van der Waals surface area (Å²) in [4.78, 5) is 10.7. The van der Waals surface area contributed by atoms with Crippen LogP contribution in [0.25, 0.3) is 0 Å². The van der Waals surface area contributed by atoms with Gasteiger partial charge >= 0.3 is 6.09 Å². The molecule has 0 aliphatic heterocycles. The number of hydrogen-bond donors (Lipinski definition) is 2. The van der Waals surface area contributed by atoms with Crippen molar-refractivity contribution < 1.29 is 9.53 Å². The van der Waals surface area contributed by atoms with E-state index < -0.39 is 0 Å². The fraction of sp³-hybridized carbons (Fsp3) is 0.857. The maximum Gasteiger partial charge on any atom is 0.407 e. The lowest BCUT2D eigenvalue weighted by atomic mass is 10.3. The Hall–Kier alpha value is -0.770. The van der Waals surface area contributed by atoms with Gasteiger partial charge in [0.25, 0.3) is 0 Å². The monoisotopic (exact) mass is 160 g/mol. The van der Waals surface area contributed by atoms with E-state index in [2.05, 4.69) is 5.32 Å². The third-order valence-corrected chi connectivity index (χ3v) is 1.13. The second-order valence-corrected chi connectivity index (χ2v) is 2.43. The highest BCUT2D eigenvalue weighted by Gasteiger charge is 1.99. The Morgan fingerprint density at radius 3 is 2.82 bits per heavy atom. The molecule has 1 atom stereocenters. The van der Waals surface area contributed by atoms with Crippen LogP contribution in [0.15, 0.2) is 0 Å². The van der Waals surface area contributed by atoms with Gasteiger partial charge in [-0.3, -0.25) is 0 Å². The standard InChI is InChI=1S/C7H16N2O2/c1-3-9-7(10)11-5-4-6(2)8/h6H,3-5,8H2,1-2H3,(H,9,10). The molecule has 0 heterocycles. The summed E-state index contributed by atoms with van der Waals surface area (Å²) in [6, 6.07) is 0.0874. The third kappa shape index (κ3) is 7.12. The highest BCUT2D eigenvalue weighted by Crippen LogP contribution is 1.87. The molecule has 0 aliphatic carbocycles. The Morgan fingerprint density at radius 2 is 2.36 bits per heavy atom. The van der Waals surface area contributed by atoms with Gasteiger partial charge in [0, 0.05) is 12.6 Å². The van der Waals surface area contributed by atoms with Gasteiger partial charge in [0.1, 0.15) is 0 Å². The van der Waals surface area contributed by atoms with E-state index in [0.29, 0.717) is 19.6 Å².